The maximum atomic E-state index is 3.77. The third-order valence-corrected chi connectivity index (χ3v) is 7.19. The number of hydrogen-bond acceptors (Lipinski definition) is 1. The largest absolute Gasteiger partial charge is 0.313 e. The molecule has 19 heavy (non-hydrogen) atoms. The summed E-state index contributed by atoms with van der Waals surface area (Å²) in [5, 5.41) is 3.77. The van der Waals surface area contributed by atoms with E-state index in [9.17, 15) is 0 Å². The molecule has 5 rings (SSSR count). The van der Waals surface area contributed by atoms with E-state index in [1.54, 1.807) is 32.1 Å². The molecular weight excluding hydrogens is 230 g/mol. The molecule has 1 heteroatoms. The van der Waals surface area contributed by atoms with E-state index in [4.69, 9.17) is 0 Å². The van der Waals surface area contributed by atoms with Crippen LogP contribution in [0.3, 0.4) is 0 Å². The van der Waals surface area contributed by atoms with Crippen molar-refractivity contribution in [3.8, 4) is 0 Å². The van der Waals surface area contributed by atoms with Crippen LogP contribution in [-0.4, -0.2) is 12.6 Å². The summed E-state index contributed by atoms with van der Waals surface area (Å²) in [5.74, 6) is 5.55. The Kier molecular flexibility index (Phi) is 2.99. The molecule has 0 amide bonds. The molecule has 1 unspecified atom stereocenters. The lowest BCUT2D eigenvalue weighted by Crippen LogP contribution is -2.48. The number of hydrogen-bond donors (Lipinski definition) is 1. The highest BCUT2D eigenvalue weighted by molar-refractivity contribution is 5.01. The predicted octanol–water partition coefficient (Wildman–Crippen LogP) is 4.23. The van der Waals surface area contributed by atoms with Crippen molar-refractivity contribution < 1.29 is 0 Å². The van der Waals surface area contributed by atoms with Gasteiger partial charge in [-0.05, 0) is 92.9 Å². The minimum absolute atomic E-state index is 0.524. The van der Waals surface area contributed by atoms with Crippen LogP contribution in [0, 0.1) is 35.0 Å². The van der Waals surface area contributed by atoms with E-state index in [1.165, 1.54) is 25.8 Å². The Hall–Kier alpha value is -0.0400. The van der Waals surface area contributed by atoms with Crippen LogP contribution in [0.25, 0.3) is 0 Å². The van der Waals surface area contributed by atoms with Crippen molar-refractivity contribution in [3.05, 3.63) is 0 Å². The van der Waals surface area contributed by atoms with Crippen molar-refractivity contribution in [2.75, 3.05) is 6.54 Å². The molecule has 4 bridgehead atoms. The molecule has 1 saturated heterocycles. The predicted molar refractivity (Wildman–Crippen MR) is 80.0 cm³/mol. The van der Waals surface area contributed by atoms with Gasteiger partial charge in [-0.3, -0.25) is 0 Å². The van der Waals surface area contributed by atoms with Crippen LogP contribution in [-0.2, 0) is 0 Å². The van der Waals surface area contributed by atoms with E-state index in [-0.39, 0.29) is 0 Å². The van der Waals surface area contributed by atoms with Crippen molar-refractivity contribution in [2.24, 2.45) is 35.0 Å². The summed E-state index contributed by atoms with van der Waals surface area (Å²) in [7, 11) is 0. The van der Waals surface area contributed by atoms with Crippen LogP contribution < -0.4 is 5.32 Å². The molecule has 1 aliphatic heterocycles. The molecule has 5 aliphatic rings. The van der Waals surface area contributed by atoms with Gasteiger partial charge in [0, 0.05) is 6.04 Å². The quantitative estimate of drug-likeness (QED) is 0.802. The lowest BCUT2D eigenvalue weighted by atomic mass is 9.50. The second kappa shape index (κ2) is 4.48. The fraction of sp³-hybridized carbons (Fsp3) is 1.00. The first-order valence-electron chi connectivity index (χ1n) is 8.85. The summed E-state index contributed by atoms with van der Waals surface area (Å²) >= 11 is 0. The molecular formula is C18H31N. The summed E-state index contributed by atoms with van der Waals surface area (Å²) in [4.78, 5) is 0. The van der Waals surface area contributed by atoms with E-state index in [1.807, 2.05) is 0 Å². The molecule has 1 heterocycles. The Labute approximate surface area is 118 Å². The zero-order chi connectivity index (χ0) is 13.0. The van der Waals surface area contributed by atoms with Crippen molar-refractivity contribution in [1.29, 1.82) is 0 Å². The van der Waals surface area contributed by atoms with Gasteiger partial charge in [0.25, 0.3) is 0 Å². The Balaban J connectivity index is 1.47. The minimum Gasteiger partial charge on any atom is -0.313 e. The minimum atomic E-state index is 0.524. The lowest BCUT2D eigenvalue weighted by molar-refractivity contribution is -0.0556. The third kappa shape index (κ3) is 2.17. The molecule has 0 aromatic carbocycles. The van der Waals surface area contributed by atoms with E-state index >= 15 is 0 Å². The van der Waals surface area contributed by atoms with Crippen LogP contribution >= 0.6 is 0 Å². The molecule has 1 N–H and O–H groups in total. The first-order chi connectivity index (χ1) is 9.12. The van der Waals surface area contributed by atoms with Gasteiger partial charge >= 0.3 is 0 Å². The molecule has 0 radical (unpaired) electrons. The zero-order valence-corrected chi connectivity index (χ0v) is 12.8. The Morgan fingerprint density at radius 2 is 1.58 bits per heavy atom. The molecule has 0 spiro atoms. The molecule has 5 fully saturated rings. The SMILES string of the molecule is CC(C)(CC1C2CC3CC(C2)CC1C3)C1CCCN1. The fourth-order valence-corrected chi connectivity index (χ4v) is 6.47. The number of rotatable bonds is 3. The normalized spacial score (nSPS) is 48.9. The van der Waals surface area contributed by atoms with Crippen molar-refractivity contribution in [3.63, 3.8) is 0 Å². The molecule has 1 atom stereocenters. The van der Waals surface area contributed by atoms with Crippen LogP contribution in [0.1, 0.15) is 65.2 Å². The molecule has 0 aromatic heterocycles. The van der Waals surface area contributed by atoms with E-state index in [0.29, 0.717) is 5.41 Å². The standard InChI is InChI=1S/C18H31N/c1-18(2,17-4-3-5-19-17)11-16-14-7-12-6-13(9-14)10-15(16)8-12/h12-17,19H,3-11H2,1-2H3. The Morgan fingerprint density at radius 1 is 0.947 bits per heavy atom. The van der Waals surface area contributed by atoms with Crippen molar-refractivity contribution in [2.45, 2.75) is 71.3 Å². The highest BCUT2D eigenvalue weighted by Crippen LogP contribution is 2.59. The monoisotopic (exact) mass is 261 g/mol. The van der Waals surface area contributed by atoms with Crippen LogP contribution in [0.2, 0.25) is 0 Å². The second-order valence-corrected chi connectivity index (χ2v) is 8.94. The second-order valence-electron chi connectivity index (χ2n) is 8.94. The van der Waals surface area contributed by atoms with Crippen molar-refractivity contribution in [1.82, 2.24) is 5.32 Å². The Morgan fingerprint density at radius 3 is 2.11 bits per heavy atom. The van der Waals surface area contributed by atoms with E-state index in [0.717, 1.165) is 35.6 Å². The van der Waals surface area contributed by atoms with Gasteiger partial charge in [-0.2, -0.15) is 0 Å². The first kappa shape index (κ1) is 12.7. The van der Waals surface area contributed by atoms with Gasteiger partial charge in [-0.1, -0.05) is 13.8 Å². The maximum absolute atomic E-state index is 3.77. The van der Waals surface area contributed by atoms with Gasteiger partial charge in [-0.25, -0.2) is 0 Å². The summed E-state index contributed by atoms with van der Waals surface area (Å²) in [6.07, 6.45) is 12.3. The summed E-state index contributed by atoms with van der Waals surface area (Å²) in [6, 6.07) is 0.796. The highest BCUT2D eigenvalue weighted by Gasteiger charge is 2.49. The summed E-state index contributed by atoms with van der Waals surface area (Å²) in [5.41, 5.74) is 0.524. The van der Waals surface area contributed by atoms with Gasteiger partial charge in [-0.15, -0.1) is 0 Å². The van der Waals surface area contributed by atoms with Crippen LogP contribution in [0.4, 0.5) is 0 Å². The molecule has 0 aromatic rings. The molecule has 1 nitrogen and oxygen atoms in total. The van der Waals surface area contributed by atoms with E-state index < -0.39 is 0 Å². The average Bonchev–Trinajstić information content (AvgIpc) is 2.87. The summed E-state index contributed by atoms with van der Waals surface area (Å²) in [6.45, 7) is 6.35. The topological polar surface area (TPSA) is 12.0 Å². The smallest absolute Gasteiger partial charge is 0.0119 e. The summed E-state index contributed by atoms with van der Waals surface area (Å²) < 4.78 is 0. The van der Waals surface area contributed by atoms with Gasteiger partial charge in [0.15, 0.2) is 0 Å². The van der Waals surface area contributed by atoms with Gasteiger partial charge in [0.2, 0.25) is 0 Å². The third-order valence-electron chi connectivity index (χ3n) is 7.19. The maximum Gasteiger partial charge on any atom is 0.0119 e. The zero-order valence-electron chi connectivity index (χ0n) is 12.8. The molecule has 4 saturated carbocycles. The average molecular weight is 261 g/mol. The van der Waals surface area contributed by atoms with E-state index in [2.05, 4.69) is 19.2 Å². The Bertz CT molecular complexity index is 312. The molecule has 108 valence electrons. The lowest BCUT2D eigenvalue weighted by Gasteiger charge is -2.56. The number of nitrogens with one attached hydrogen (secondary N) is 1. The van der Waals surface area contributed by atoms with Crippen molar-refractivity contribution >= 4 is 0 Å². The van der Waals surface area contributed by atoms with Gasteiger partial charge in [0.05, 0.1) is 0 Å². The van der Waals surface area contributed by atoms with Crippen LogP contribution in [0.15, 0.2) is 0 Å². The molecule has 4 aliphatic carbocycles. The fourth-order valence-electron chi connectivity index (χ4n) is 6.47. The van der Waals surface area contributed by atoms with Gasteiger partial charge in [0.1, 0.15) is 0 Å². The highest BCUT2D eigenvalue weighted by atomic mass is 15.0. The first-order valence-corrected chi connectivity index (χ1v) is 8.85. The van der Waals surface area contributed by atoms with Crippen LogP contribution in [0.5, 0.6) is 0 Å². The van der Waals surface area contributed by atoms with Gasteiger partial charge < -0.3 is 5.32 Å².